The third kappa shape index (κ3) is 9.82. The van der Waals surface area contributed by atoms with Gasteiger partial charge in [0.2, 0.25) is 6.79 Å². The van der Waals surface area contributed by atoms with Gasteiger partial charge in [0.25, 0.3) is 23.6 Å². The standard InChI is InChI=1S/C48H61N5O11Si2/c1-30-18-34-36(52(27-59-14-16-65(3,4)5)48(57)39-21-33(49)26-51(39)45(34)54)23-41(30)61-12-9-13-62-44-24-37-35(22-42(44)58-2)46(55)50-25-32(31-10-11-40-43(20-31)64-29-63-40)19-38(50)47(56)53(37)28-60-15-17-66(6,7)8/h10-11,18,20,22-26,38-39H,9,12-17,19,21,27-29,49H2,1-8H3/t38-,39-/m0/s1. The number of methoxy groups -OCH3 is 1. The van der Waals surface area contributed by atoms with Crippen LogP contribution in [0.2, 0.25) is 51.4 Å². The van der Waals surface area contributed by atoms with Crippen molar-refractivity contribution in [2.24, 2.45) is 5.73 Å². The van der Waals surface area contributed by atoms with E-state index < -0.39 is 28.2 Å². The molecule has 16 nitrogen and oxygen atoms in total. The number of fused-ring (bicyclic) bond motifs is 5. The molecule has 8 rings (SSSR count). The molecule has 0 unspecified atom stereocenters. The first-order valence-electron chi connectivity index (χ1n) is 22.5. The highest BCUT2D eigenvalue weighted by Gasteiger charge is 2.45. The smallest absolute Gasteiger partial charge is 0.260 e. The zero-order chi connectivity index (χ0) is 47.1. The molecule has 0 aliphatic carbocycles. The molecule has 0 saturated heterocycles. The van der Waals surface area contributed by atoms with Crippen molar-refractivity contribution in [3.8, 4) is 28.7 Å². The fourth-order valence-corrected chi connectivity index (χ4v) is 9.95. The van der Waals surface area contributed by atoms with Crippen molar-refractivity contribution >= 4 is 56.7 Å². The van der Waals surface area contributed by atoms with Crippen LogP contribution in [0.3, 0.4) is 0 Å². The van der Waals surface area contributed by atoms with Gasteiger partial charge in [-0.15, -0.1) is 0 Å². The minimum Gasteiger partial charge on any atom is -0.493 e. The van der Waals surface area contributed by atoms with Crippen LogP contribution in [-0.4, -0.2) is 115 Å². The first kappa shape index (κ1) is 46.7. The molecular weight excluding hydrogens is 879 g/mol. The number of carbonyl (C=O) groups excluding carboxylic acids is 4. The minimum absolute atomic E-state index is 0.0103. The van der Waals surface area contributed by atoms with Gasteiger partial charge < -0.3 is 48.7 Å². The molecule has 0 fully saturated rings. The number of benzene rings is 3. The molecule has 352 valence electrons. The number of nitrogens with two attached hydrogens (primary N) is 1. The van der Waals surface area contributed by atoms with E-state index in [1.807, 2.05) is 25.1 Å². The highest BCUT2D eigenvalue weighted by Crippen LogP contribution is 2.44. The molecule has 4 amide bonds. The number of anilines is 2. The maximum Gasteiger partial charge on any atom is 0.260 e. The summed E-state index contributed by atoms with van der Waals surface area (Å²) in [6.45, 7) is 16.9. The average molecular weight is 940 g/mol. The zero-order valence-corrected chi connectivity index (χ0v) is 41.2. The van der Waals surface area contributed by atoms with Crippen molar-refractivity contribution in [2.45, 2.75) is 89.6 Å². The summed E-state index contributed by atoms with van der Waals surface area (Å²) < 4.78 is 41.7. The second kappa shape index (κ2) is 18.8. The molecule has 5 aliphatic rings. The largest absolute Gasteiger partial charge is 0.493 e. The first-order valence-corrected chi connectivity index (χ1v) is 29.9. The molecule has 0 spiro atoms. The van der Waals surface area contributed by atoms with Crippen LogP contribution in [0.25, 0.3) is 5.57 Å². The molecule has 0 aromatic heterocycles. The predicted molar refractivity (Wildman–Crippen MR) is 255 cm³/mol. The van der Waals surface area contributed by atoms with E-state index in [-0.39, 0.29) is 69.1 Å². The van der Waals surface area contributed by atoms with Gasteiger partial charge in [-0.05, 0) is 60.0 Å². The summed E-state index contributed by atoms with van der Waals surface area (Å²) >= 11 is 0. The van der Waals surface area contributed by atoms with E-state index in [1.54, 1.807) is 41.6 Å². The highest BCUT2D eigenvalue weighted by molar-refractivity contribution is 6.76. The lowest BCUT2D eigenvalue weighted by Crippen LogP contribution is -2.45. The van der Waals surface area contributed by atoms with Gasteiger partial charge in [-0.25, -0.2) is 0 Å². The third-order valence-electron chi connectivity index (χ3n) is 12.3. The lowest BCUT2D eigenvalue weighted by atomic mass is 10.0. The van der Waals surface area contributed by atoms with E-state index in [0.29, 0.717) is 77.4 Å². The lowest BCUT2D eigenvalue weighted by Gasteiger charge is -2.27. The van der Waals surface area contributed by atoms with Crippen molar-refractivity contribution in [3.63, 3.8) is 0 Å². The first-order chi connectivity index (χ1) is 31.4. The Balaban J connectivity index is 0.994. The number of nitrogens with zero attached hydrogens (tertiary/aromatic N) is 4. The SMILES string of the molecule is COc1cc2c(cc1OCCCOc1cc3c(cc1C)C(=O)N1C=C(N)C[C@H]1C(=O)N3COCC[Si](C)(C)C)N(COCC[Si](C)(C)C)C(=O)[C@@H]1CC(c3ccc4c(c3)OCO4)=CN1C2=O. The molecule has 0 radical (unpaired) electrons. The van der Waals surface area contributed by atoms with Crippen molar-refractivity contribution in [3.05, 3.63) is 82.8 Å². The number of amides is 4. The van der Waals surface area contributed by atoms with Gasteiger partial charge in [0.15, 0.2) is 23.0 Å². The van der Waals surface area contributed by atoms with Gasteiger partial charge in [0, 0.05) is 78.9 Å². The normalized spacial score (nSPS) is 19.0. The lowest BCUT2D eigenvalue weighted by molar-refractivity contribution is -0.123. The molecule has 5 aliphatic heterocycles. The molecule has 2 atom stereocenters. The number of hydrogen-bond acceptors (Lipinski definition) is 12. The average Bonchev–Trinajstić information content (AvgIpc) is 4.01. The molecule has 5 heterocycles. The van der Waals surface area contributed by atoms with E-state index in [1.165, 1.54) is 21.8 Å². The Labute approximate surface area is 388 Å². The second-order valence-electron chi connectivity index (χ2n) is 19.7. The van der Waals surface area contributed by atoms with E-state index in [2.05, 4.69) is 39.3 Å². The summed E-state index contributed by atoms with van der Waals surface area (Å²) in [5, 5.41) is 0. The number of rotatable bonds is 18. The van der Waals surface area contributed by atoms with Gasteiger partial charge in [0.05, 0.1) is 42.8 Å². The third-order valence-corrected chi connectivity index (χ3v) is 15.7. The molecule has 2 N–H and O–H groups in total. The van der Waals surface area contributed by atoms with Crippen LogP contribution in [0.4, 0.5) is 11.4 Å². The maximum atomic E-state index is 14.6. The molecule has 3 aromatic carbocycles. The minimum atomic E-state index is -1.44. The number of ether oxygens (including phenoxy) is 7. The Hall–Kier alpha value is -5.83. The van der Waals surface area contributed by atoms with Crippen LogP contribution in [-0.2, 0) is 19.1 Å². The second-order valence-corrected chi connectivity index (χ2v) is 31.0. The van der Waals surface area contributed by atoms with Crippen LogP contribution in [0.1, 0.15) is 51.1 Å². The summed E-state index contributed by atoms with van der Waals surface area (Å²) in [4.78, 5) is 62.9. The molecule has 0 saturated carbocycles. The Morgan fingerprint density at radius 1 is 0.667 bits per heavy atom. The number of aryl methyl sites for hydroxylation is 1. The summed E-state index contributed by atoms with van der Waals surface area (Å²) in [5.41, 5.74) is 10.4. The predicted octanol–water partition coefficient (Wildman–Crippen LogP) is 7.17. The molecule has 3 aromatic rings. The van der Waals surface area contributed by atoms with E-state index in [9.17, 15) is 19.2 Å². The van der Waals surface area contributed by atoms with Crippen LogP contribution < -0.4 is 39.2 Å². The van der Waals surface area contributed by atoms with Gasteiger partial charge in [-0.1, -0.05) is 45.3 Å². The Kier molecular flexibility index (Phi) is 13.3. The molecular formula is C48H61N5O11Si2. The van der Waals surface area contributed by atoms with Crippen LogP contribution in [0.15, 0.2) is 60.6 Å². The number of carbonyl (C=O) groups is 4. The fraction of sp³-hybridized carbons (Fsp3) is 0.458. The van der Waals surface area contributed by atoms with Crippen molar-refractivity contribution in [1.29, 1.82) is 0 Å². The van der Waals surface area contributed by atoms with Gasteiger partial charge >= 0.3 is 0 Å². The maximum absolute atomic E-state index is 14.6. The fourth-order valence-electron chi connectivity index (χ4n) is 8.44. The summed E-state index contributed by atoms with van der Waals surface area (Å²) in [6, 6.07) is 12.7. The van der Waals surface area contributed by atoms with E-state index in [0.717, 1.165) is 28.8 Å². The van der Waals surface area contributed by atoms with Gasteiger partial charge in [-0.2, -0.15) is 0 Å². The topological polar surface area (TPSA) is 172 Å². The highest BCUT2D eigenvalue weighted by atomic mass is 28.3. The summed E-state index contributed by atoms with van der Waals surface area (Å²) in [6.07, 6.45) is 4.29. The Morgan fingerprint density at radius 3 is 1.85 bits per heavy atom. The summed E-state index contributed by atoms with van der Waals surface area (Å²) in [7, 11) is -1.33. The van der Waals surface area contributed by atoms with Gasteiger partial charge in [0.1, 0.15) is 31.3 Å². The molecule has 0 bridgehead atoms. The molecule has 18 heteroatoms. The monoisotopic (exact) mass is 939 g/mol. The van der Waals surface area contributed by atoms with Crippen molar-refractivity contribution in [1.82, 2.24) is 9.80 Å². The number of hydrogen-bond donors (Lipinski definition) is 1. The van der Waals surface area contributed by atoms with Crippen molar-refractivity contribution < 1.29 is 52.3 Å². The van der Waals surface area contributed by atoms with Crippen molar-refractivity contribution in [2.75, 3.05) is 63.6 Å². The summed E-state index contributed by atoms with van der Waals surface area (Å²) in [5.74, 6) is 1.25. The zero-order valence-electron chi connectivity index (χ0n) is 39.2. The van der Waals surface area contributed by atoms with Crippen LogP contribution in [0.5, 0.6) is 28.7 Å². The van der Waals surface area contributed by atoms with Gasteiger partial charge in [-0.3, -0.25) is 29.0 Å². The van der Waals surface area contributed by atoms with Crippen LogP contribution >= 0.6 is 0 Å². The Bertz CT molecular complexity index is 2480. The van der Waals surface area contributed by atoms with Crippen LogP contribution in [0, 0.1) is 6.92 Å². The molecule has 66 heavy (non-hydrogen) atoms. The van der Waals surface area contributed by atoms with E-state index >= 15 is 0 Å². The Morgan fingerprint density at radius 2 is 1.23 bits per heavy atom. The van der Waals surface area contributed by atoms with E-state index in [4.69, 9.17) is 38.9 Å². The quantitative estimate of drug-likeness (QED) is 0.101.